The van der Waals surface area contributed by atoms with Crippen LogP contribution in [0.1, 0.15) is 109 Å². The zero-order valence-corrected chi connectivity index (χ0v) is 27.4. The molecule has 4 nitrogen and oxygen atoms in total. The molecule has 2 aromatic rings. The average Bonchev–Trinajstić information content (AvgIpc) is 3.22. The van der Waals surface area contributed by atoms with E-state index in [1.807, 2.05) is 24.4 Å². The maximum absolute atomic E-state index is 12.0. The molecule has 7 heteroatoms. The van der Waals surface area contributed by atoms with Gasteiger partial charge in [-0.25, -0.2) is 0 Å². The highest BCUT2D eigenvalue weighted by molar-refractivity contribution is 7.10. The second-order valence-electron chi connectivity index (χ2n) is 12.8. The van der Waals surface area contributed by atoms with Crippen molar-refractivity contribution < 1.29 is 18.4 Å². The summed E-state index contributed by atoms with van der Waals surface area (Å²) in [6.07, 6.45) is 0.519. The standard InChI is InChI=1S/C28H46O4SSi2/c1-12-24(29)19-15-21(33-18-19)17-30-20-13-14-22(27(8,9)31-34-25(2,3)4)23(16-20)28(10,11)32-35-26(5,6)7/h13-16,18H,12,17,34-35H2,1-11H3. The molecule has 0 aliphatic heterocycles. The normalized spacial score (nSPS) is 13.9. The molecule has 1 aromatic heterocycles. The van der Waals surface area contributed by atoms with E-state index < -0.39 is 30.7 Å². The largest absolute Gasteiger partial charge is 0.488 e. The number of carbonyl (C=O) groups is 1. The van der Waals surface area contributed by atoms with E-state index in [2.05, 4.69) is 81.4 Å². The van der Waals surface area contributed by atoms with Crippen LogP contribution in [0.3, 0.4) is 0 Å². The predicted octanol–water partition coefficient (Wildman–Crippen LogP) is 7.03. The Labute approximate surface area is 222 Å². The van der Waals surface area contributed by atoms with Crippen LogP contribution in [-0.4, -0.2) is 25.3 Å². The van der Waals surface area contributed by atoms with Gasteiger partial charge >= 0.3 is 0 Å². The monoisotopic (exact) mass is 534 g/mol. The first-order valence-corrected chi connectivity index (χ1v) is 16.0. The number of carbonyl (C=O) groups excluding carboxylic acids is 1. The van der Waals surface area contributed by atoms with Crippen molar-refractivity contribution in [3.63, 3.8) is 0 Å². The first kappa shape index (κ1) is 30.0. The zero-order valence-electron chi connectivity index (χ0n) is 23.8. The summed E-state index contributed by atoms with van der Waals surface area (Å²) in [5, 5.41) is 2.33. The number of hydrogen-bond donors (Lipinski definition) is 0. The summed E-state index contributed by atoms with van der Waals surface area (Å²) in [7, 11) is -1.51. The molecule has 1 aromatic carbocycles. The fraction of sp³-hybridized carbons (Fsp3) is 0.607. The summed E-state index contributed by atoms with van der Waals surface area (Å²) in [5.41, 5.74) is 2.17. The highest BCUT2D eigenvalue weighted by Gasteiger charge is 2.34. The SMILES string of the molecule is CCC(=O)c1csc(COc2ccc(C(C)(C)O[SiH2]C(C)(C)C)c(C(C)(C)O[SiH2]C(C)(C)C)c2)c1. The molecule has 35 heavy (non-hydrogen) atoms. The van der Waals surface area contributed by atoms with E-state index in [0.717, 1.165) is 27.3 Å². The maximum atomic E-state index is 12.0. The van der Waals surface area contributed by atoms with Crippen molar-refractivity contribution in [2.75, 3.05) is 0 Å². The Morgan fingerprint density at radius 2 is 1.37 bits per heavy atom. The van der Waals surface area contributed by atoms with Crippen molar-refractivity contribution in [1.82, 2.24) is 0 Å². The lowest BCUT2D eigenvalue weighted by atomic mass is 9.85. The maximum Gasteiger partial charge on any atom is 0.168 e. The van der Waals surface area contributed by atoms with Gasteiger partial charge in [0.05, 0.1) is 11.2 Å². The van der Waals surface area contributed by atoms with Gasteiger partial charge in [-0.2, -0.15) is 0 Å². The molecule has 0 radical (unpaired) electrons. The van der Waals surface area contributed by atoms with Crippen LogP contribution in [0.2, 0.25) is 10.1 Å². The molecule has 0 fully saturated rings. The molecule has 0 bridgehead atoms. The van der Waals surface area contributed by atoms with Gasteiger partial charge in [-0.1, -0.05) is 54.5 Å². The van der Waals surface area contributed by atoms with Crippen LogP contribution in [-0.2, 0) is 26.7 Å². The second-order valence-corrected chi connectivity index (χ2v) is 19.2. The first-order chi connectivity index (χ1) is 15.9. The molecule has 2 rings (SSSR count). The van der Waals surface area contributed by atoms with Gasteiger partial charge in [0.1, 0.15) is 12.4 Å². The second kappa shape index (κ2) is 11.4. The van der Waals surface area contributed by atoms with Gasteiger partial charge in [-0.3, -0.25) is 4.79 Å². The van der Waals surface area contributed by atoms with Crippen molar-refractivity contribution in [2.45, 2.75) is 110 Å². The van der Waals surface area contributed by atoms with Crippen molar-refractivity contribution in [2.24, 2.45) is 0 Å². The van der Waals surface area contributed by atoms with Gasteiger partial charge in [0.2, 0.25) is 0 Å². The van der Waals surface area contributed by atoms with Crippen molar-refractivity contribution in [3.8, 4) is 5.75 Å². The van der Waals surface area contributed by atoms with Gasteiger partial charge < -0.3 is 13.6 Å². The molecule has 0 atom stereocenters. The number of Topliss-reactive ketones (excluding diaryl/α,β-unsaturated/α-hetero) is 1. The zero-order chi connectivity index (χ0) is 26.7. The third-order valence-corrected chi connectivity index (χ3v) is 10.1. The van der Waals surface area contributed by atoms with Crippen LogP contribution in [0.5, 0.6) is 5.75 Å². The minimum Gasteiger partial charge on any atom is -0.488 e. The van der Waals surface area contributed by atoms with Crippen LogP contribution in [0.4, 0.5) is 0 Å². The van der Waals surface area contributed by atoms with Gasteiger partial charge in [0, 0.05) is 22.2 Å². The number of ketones is 1. The fourth-order valence-corrected chi connectivity index (χ4v) is 6.25. The lowest BCUT2D eigenvalue weighted by molar-refractivity contribution is 0.0826. The summed E-state index contributed by atoms with van der Waals surface area (Å²) in [4.78, 5) is 13.0. The van der Waals surface area contributed by atoms with E-state index in [9.17, 15) is 4.79 Å². The van der Waals surface area contributed by atoms with Gasteiger partial charge in [-0.05, 0) is 67.1 Å². The number of hydrogen-bond acceptors (Lipinski definition) is 5. The summed E-state index contributed by atoms with van der Waals surface area (Å²) in [5.74, 6) is 0.973. The van der Waals surface area contributed by atoms with Crippen molar-refractivity contribution in [3.05, 3.63) is 51.2 Å². The Hall–Kier alpha value is -1.26. The van der Waals surface area contributed by atoms with E-state index in [4.69, 9.17) is 13.6 Å². The third-order valence-electron chi connectivity index (χ3n) is 5.70. The van der Waals surface area contributed by atoms with E-state index in [0.29, 0.717) is 13.0 Å². The number of ether oxygens (including phenoxy) is 1. The summed E-state index contributed by atoms with van der Waals surface area (Å²) in [6.45, 7) is 24.5. The summed E-state index contributed by atoms with van der Waals surface area (Å²) in [6, 6.07) is 8.25. The van der Waals surface area contributed by atoms with Crippen LogP contribution in [0.25, 0.3) is 0 Å². The van der Waals surface area contributed by atoms with Crippen LogP contribution < -0.4 is 4.74 Å². The first-order valence-electron chi connectivity index (χ1n) is 12.6. The predicted molar refractivity (Wildman–Crippen MR) is 154 cm³/mol. The van der Waals surface area contributed by atoms with Gasteiger partial charge in [0.15, 0.2) is 25.3 Å². The summed E-state index contributed by atoms with van der Waals surface area (Å²) >= 11 is 1.57. The smallest absolute Gasteiger partial charge is 0.168 e. The molecule has 1 heterocycles. The number of rotatable bonds is 11. The number of thiophene rings is 1. The fourth-order valence-electron chi connectivity index (χ4n) is 3.55. The van der Waals surface area contributed by atoms with Crippen molar-refractivity contribution in [1.29, 1.82) is 0 Å². The Bertz CT molecular complexity index is 997. The van der Waals surface area contributed by atoms with Gasteiger partial charge in [-0.15, -0.1) is 11.3 Å². The summed E-state index contributed by atoms with van der Waals surface area (Å²) < 4.78 is 19.4. The Morgan fingerprint density at radius 3 is 1.89 bits per heavy atom. The molecular weight excluding hydrogens is 489 g/mol. The molecule has 0 unspecified atom stereocenters. The van der Waals surface area contributed by atoms with E-state index in [1.54, 1.807) is 11.3 Å². The number of benzene rings is 1. The Morgan fingerprint density at radius 1 is 0.829 bits per heavy atom. The molecule has 0 spiro atoms. The van der Waals surface area contributed by atoms with Crippen LogP contribution >= 0.6 is 11.3 Å². The molecule has 196 valence electrons. The lowest BCUT2D eigenvalue weighted by Gasteiger charge is -2.37. The minimum atomic E-state index is -0.768. The van der Waals surface area contributed by atoms with E-state index >= 15 is 0 Å². The molecule has 0 saturated carbocycles. The molecule has 0 amide bonds. The molecule has 0 aliphatic rings. The Balaban J connectivity index is 2.36. The van der Waals surface area contributed by atoms with Crippen molar-refractivity contribution >= 4 is 36.6 Å². The van der Waals surface area contributed by atoms with Crippen LogP contribution in [0, 0.1) is 0 Å². The topological polar surface area (TPSA) is 44.8 Å². The Kier molecular flexibility index (Phi) is 9.78. The third kappa shape index (κ3) is 9.28. The molecule has 0 N–H and O–H groups in total. The molecular formula is C28H46O4SSi2. The van der Waals surface area contributed by atoms with E-state index in [1.165, 1.54) is 0 Å². The quantitative estimate of drug-likeness (QED) is 0.229. The van der Waals surface area contributed by atoms with Gasteiger partial charge in [0.25, 0.3) is 0 Å². The highest BCUT2D eigenvalue weighted by atomic mass is 32.1. The van der Waals surface area contributed by atoms with E-state index in [-0.39, 0.29) is 15.9 Å². The molecule has 0 saturated heterocycles. The minimum absolute atomic E-state index is 0.169. The average molecular weight is 535 g/mol. The molecule has 0 aliphatic carbocycles. The lowest BCUT2D eigenvalue weighted by Crippen LogP contribution is -2.34. The van der Waals surface area contributed by atoms with Crippen LogP contribution in [0.15, 0.2) is 29.6 Å². The highest BCUT2D eigenvalue weighted by Crippen LogP contribution is 2.40.